The van der Waals surface area contributed by atoms with E-state index >= 15 is 0 Å². The second-order valence-electron chi connectivity index (χ2n) is 15.2. The molecule has 0 saturated carbocycles. The van der Waals surface area contributed by atoms with Crippen molar-refractivity contribution in [2.45, 2.75) is 13.3 Å². The SMILES string of the molecule is C/C=C\C(=C1\C=CC2C=CC=CC2C1)c1ccc(N(c2ccc3c(c2)oc2ccccc23)c2ccccc2-c2ccc3oc4c5ccccc5ccc4c3c2)cc1. The van der Waals surface area contributed by atoms with Crippen LogP contribution in [0.4, 0.5) is 17.1 Å². The van der Waals surface area contributed by atoms with Gasteiger partial charge in [0.05, 0.1) is 5.69 Å². The average Bonchev–Trinajstić information content (AvgIpc) is 3.84. The quantitative estimate of drug-likeness (QED) is 0.170. The molecule has 0 N–H and O–H groups in total. The van der Waals surface area contributed by atoms with Gasteiger partial charge in [0.25, 0.3) is 0 Å². The fraction of sp³-hybridized carbons (Fsp3) is 0.0741. The van der Waals surface area contributed by atoms with Gasteiger partial charge in [-0.3, -0.25) is 0 Å². The maximum absolute atomic E-state index is 6.52. The van der Waals surface area contributed by atoms with E-state index in [2.05, 4.69) is 194 Å². The number of nitrogens with zero attached hydrogens (tertiary/aromatic N) is 1. The topological polar surface area (TPSA) is 29.5 Å². The molecule has 57 heavy (non-hydrogen) atoms. The number of para-hydroxylation sites is 2. The molecule has 3 nitrogen and oxygen atoms in total. The van der Waals surface area contributed by atoms with Crippen molar-refractivity contribution < 1.29 is 8.83 Å². The van der Waals surface area contributed by atoms with Crippen molar-refractivity contribution >= 4 is 77.3 Å². The fourth-order valence-electron chi connectivity index (χ4n) is 9.04. The van der Waals surface area contributed by atoms with E-state index in [0.717, 1.165) is 83.9 Å². The van der Waals surface area contributed by atoms with Gasteiger partial charge >= 0.3 is 0 Å². The Morgan fingerprint density at radius 2 is 1.35 bits per heavy atom. The molecular weight excluding hydrogens is 695 g/mol. The van der Waals surface area contributed by atoms with Crippen LogP contribution < -0.4 is 4.90 Å². The van der Waals surface area contributed by atoms with Gasteiger partial charge in [0.2, 0.25) is 0 Å². The largest absolute Gasteiger partial charge is 0.456 e. The molecule has 0 spiro atoms. The Morgan fingerprint density at radius 3 is 2.26 bits per heavy atom. The van der Waals surface area contributed by atoms with E-state index in [1.807, 2.05) is 12.1 Å². The summed E-state index contributed by atoms with van der Waals surface area (Å²) in [5.41, 5.74) is 12.8. The Bertz CT molecular complexity index is 3180. The molecule has 2 heterocycles. The third-order valence-corrected chi connectivity index (χ3v) is 11.8. The molecule has 7 aromatic carbocycles. The van der Waals surface area contributed by atoms with Gasteiger partial charge in [0.1, 0.15) is 22.3 Å². The minimum atomic E-state index is 0.471. The highest BCUT2D eigenvalue weighted by molar-refractivity contribution is 6.16. The van der Waals surface area contributed by atoms with Crippen molar-refractivity contribution in [3.8, 4) is 11.1 Å². The Labute approximate surface area is 331 Å². The predicted octanol–water partition coefficient (Wildman–Crippen LogP) is 15.4. The van der Waals surface area contributed by atoms with Crippen LogP contribution in [0.2, 0.25) is 0 Å². The molecule has 0 saturated heterocycles. The van der Waals surface area contributed by atoms with E-state index in [1.165, 1.54) is 22.1 Å². The number of hydrogen-bond donors (Lipinski definition) is 0. The van der Waals surface area contributed by atoms with Crippen molar-refractivity contribution in [1.29, 1.82) is 0 Å². The summed E-state index contributed by atoms with van der Waals surface area (Å²) < 4.78 is 13.0. The predicted molar refractivity (Wildman–Crippen MR) is 239 cm³/mol. The highest BCUT2D eigenvalue weighted by Gasteiger charge is 2.24. The fourth-order valence-corrected chi connectivity index (χ4v) is 9.04. The number of fused-ring (bicyclic) bond motifs is 9. The molecule has 0 amide bonds. The molecule has 3 heteroatoms. The van der Waals surface area contributed by atoms with Gasteiger partial charge in [-0.1, -0.05) is 134 Å². The summed E-state index contributed by atoms with van der Waals surface area (Å²) in [4.78, 5) is 2.36. The van der Waals surface area contributed by atoms with Crippen LogP contribution in [0.15, 0.2) is 209 Å². The van der Waals surface area contributed by atoms with Crippen molar-refractivity contribution in [2.75, 3.05) is 4.90 Å². The maximum Gasteiger partial charge on any atom is 0.143 e. The van der Waals surface area contributed by atoms with E-state index in [1.54, 1.807) is 0 Å². The highest BCUT2D eigenvalue weighted by atomic mass is 16.3. The molecule has 2 aliphatic carbocycles. The summed E-state index contributed by atoms with van der Waals surface area (Å²) in [6.45, 7) is 2.10. The van der Waals surface area contributed by atoms with Crippen LogP contribution >= 0.6 is 0 Å². The highest BCUT2D eigenvalue weighted by Crippen LogP contribution is 2.45. The van der Waals surface area contributed by atoms with Gasteiger partial charge in [0.15, 0.2) is 0 Å². The van der Waals surface area contributed by atoms with Crippen LogP contribution in [0.3, 0.4) is 0 Å². The number of allylic oxidation sites excluding steroid dienone is 10. The number of furan rings is 2. The number of benzene rings is 7. The molecule has 2 atom stereocenters. The van der Waals surface area contributed by atoms with Crippen LogP contribution in [-0.4, -0.2) is 0 Å². The first-order valence-corrected chi connectivity index (χ1v) is 19.8. The van der Waals surface area contributed by atoms with Crippen molar-refractivity contribution in [2.24, 2.45) is 11.8 Å². The lowest BCUT2D eigenvalue weighted by Crippen LogP contribution is -2.15. The normalized spacial score (nSPS) is 17.4. The van der Waals surface area contributed by atoms with E-state index in [0.29, 0.717) is 11.8 Å². The molecule has 2 aliphatic rings. The first-order valence-electron chi connectivity index (χ1n) is 19.8. The van der Waals surface area contributed by atoms with Crippen LogP contribution in [0.5, 0.6) is 0 Å². The average molecular weight is 734 g/mol. The summed E-state index contributed by atoms with van der Waals surface area (Å²) in [7, 11) is 0. The summed E-state index contributed by atoms with van der Waals surface area (Å²) in [5.74, 6) is 0.965. The molecule has 11 rings (SSSR count). The lowest BCUT2D eigenvalue weighted by molar-refractivity contribution is 0.536. The van der Waals surface area contributed by atoms with Gasteiger partial charge < -0.3 is 13.7 Å². The van der Waals surface area contributed by atoms with Gasteiger partial charge in [-0.25, -0.2) is 0 Å². The van der Waals surface area contributed by atoms with Crippen LogP contribution in [-0.2, 0) is 0 Å². The molecule has 2 aromatic heterocycles. The summed E-state index contributed by atoms with van der Waals surface area (Å²) >= 11 is 0. The third kappa shape index (κ3) is 5.66. The van der Waals surface area contributed by atoms with Crippen molar-refractivity contribution in [3.05, 3.63) is 205 Å². The molecule has 0 bridgehead atoms. The zero-order valence-electron chi connectivity index (χ0n) is 31.6. The Balaban J connectivity index is 1.06. The van der Waals surface area contributed by atoms with Crippen LogP contribution in [0, 0.1) is 11.8 Å². The smallest absolute Gasteiger partial charge is 0.143 e. The first-order chi connectivity index (χ1) is 28.2. The van der Waals surface area contributed by atoms with Crippen LogP contribution in [0.25, 0.3) is 71.3 Å². The van der Waals surface area contributed by atoms with E-state index in [4.69, 9.17) is 8.83 Å². The van der Waals surface area contributed by atoms with E-state index in [9.17, 15) is 0 Å². The zero-order valence-corrected chi connectivity index (χ0v) is 31.6. The monoisotopic (exact) mass is 733 g/mol. The molecule has 0 radical (unpaired) electrons. The van der Waals surface area contributed by atoms with E-state index in [-0.39, 0.29) is 0 Å². The zero-order chi connectivity index (χ0) is 37.9. The first kappa shape index (κ1) is 33.3. The van der Waals surface area contributed by atoms with E-state index < -0.39 is 0 Å². The van der Waals surface area contributed by atoms with Gasteiger partial charge in [-0.15, -0.1) is 0 Å². The van der Waals surface area contributed by atoms with Crippen LogP contribution in [0.1, 0.15) is 18.9 Å². The van der Waals surface area contributed by atoms with Gasteiger partial charge in [-0.2, -0.15) is 0 Å². The standard InChI is InChI=1S/C54H39NO2/c1-2-11-43(39-21-20-35-12-3-4-14-38(35)32-39)37-22-26-41(27-23-37)55(42-28-30-47-46-17-8-10-19-51(46)56-53(47)34-42)50-18-9-7-15-44(50)40-25-31-52-49(33-40)48-29-24-36-13-5-6-16-45(36)54(48)57-52/h2-31,33-35,38H,32H2,1H3/b11-2-,43-39+. The number of hydrogen-bond acceptors (Lipinski definition) is 3. The molecule has 0 fully saturated rings. The summed E-state index contributed by atoms with van der Waals surface area (Å²) in [6.07, 6.45) is 19.2. The lowest BCUT2D eigenvalue weighted by atomic mass is 9.77. The summed E-state index contributed by atoms with van der Waals surface area (Å²) in [5, 5.41) is 6.76. The second-order valence-corrected chi connectivity index (χ2v) is 15.2. The minimum absolute atomic E-state index is 0.471. The number of anilines is 3. The Hall–Kier alpha value is -7.10. The third-order valence-electron chi connectivity index (χ3n) is 11.8. The summed E-state index contributed by atoms with van der Waals surface area (Å²) in [6, 6.07) is 52.0. The maximum atomic E-state index is 6.52. The molecule has 272 valence electrons. The second kappa shape index (κ2) is 13.6. The molecular formula is C54H39NO2. The van der Waals surface area contributed by atoms with Crippen molar-refractivity contribution in [3.63, 3.8) is 0 Å². The van der Waals surface area contributed by atoms with Gasteiger partial charge in [0, 0.05) is 55.9 Å². The molecule has 2 unspecified atom stereocenters. The van der Waals surface area contributed by atoms with Crippen molar-refractivity contribution in [1.82, 2.24) is 0 Å². The molecule has 9 aromatic rings. The molecule has 0 aliphatic heterocycles. The minimum Gasteiger partial charge on any atom is -0.456 e. The lowest BCUT2D eigenvalue weighted by Gasteiger charge is -2.29. The van der Waals surface area contributed by atoms with Gasteiger partial charge in [-0.05, 0) is 102 Å². The Kier molecular flexibility index (Phi) is 7.92. The number of rotatable bonds is 6. The Morgan fingerprint density at radius 1 is 0.596 bits per heavy atom.